The zero-order valence-electron chi connectivity index (χ0n) is 38.6. The summed E-state index contributed by atoms with van der Waals surface area (Å²) in [6.07, 6.45) is -7.15. The number of benzene rings is 3. The van der Waals surface area contributed by atoms with Crippen LogP contribution in [0.1, 0.15) is 67.5 Å². The Bertz CT molecular complexity index is 3450. The first-order valence-corrected chi connectivity index (χ1v) is 21.7. The molecular formula is C49H36F14N10O. The van der Waals surface area contributed by atoms with Gasteiger partial charge in [0.15, 0.2) is 17.0 Å². The van der Waals surface area contributed by atoms with Gasteiger partial charge < -0.3 is 4.74 Å². The summed E-state index contributed by atoms with van der Waals surface area (Å²) < 4.78 is 186. The molecule has 1 aliphatic rings. The molecule has 0 atom stereocenters. The molecule has 1 saturated carbocycles. The van der Waals surface area contributed by atoms with Gasteiger partial charge in [0.2, 0.25) is 5.78 Å². The second kappa shape index (κ2) is 20.0. The Balaban J connectivity index is 0.000000160. The standard InChI is InChI=1S/C18H14F2N4.C15H9F6N3O.C14H7F6N3.C2H6/c1-17(19,20)15-8-23-16-9-22-14(10-24(15)16)12-2-4-13(5-3-12)18(11-21)6-7-18;1-8-12(14(16,17)18)24-7-10(6-22-13(24)23-8)9-2-4-11(5-3-9)25-15(19,20)21;15-13(16,17)9-3-1-8(2-4-9)10-7-23-11(14(18,19)20)5-22-12(23)6-21-10;1-2/h2-5,8-10H,6-7H2,1H3;2-7H,1H3;1-7H;1-2H3. The van der Waals surface area contributed by atoms with E-state index >= 15 is 0 Å². The lowest BCUT2D eigenvalue weighted by Gasteiger charge is -2.11. The predicted octanol–water partition coefficient (Wildman–Crippen LogP) is 14.1. The fraction of sp³-hybridized carbons (Fsp3) is 0.245. The molecule has 6 heterocycles. The van der Waals surface area contributed by atoms with Crippen LogP contribution >= 0.6 is 0 Å². The molecule has 3 aromatic carbocycles. The van der Waals surface area contributed by atoms with E-state index in [1.165, 1.54) is 48.2 Å². The van der Waals surface area contributed by atoms with Gasteiger partial charge >= 0.3 is 24.9 Å². The maximum Gasteiger partial charge on any atom is 0.573 e. The number of fused-ring (bicyclic) bond motifs is 3. The van der Waals surface area contributed by atoms with Gasteiger partial charge in [-0.15, -0.1) is 13.2 Å². The number of aromatic nitrogens is 9. The van der Waals surface area contributed by atoms with Gasteiger partial charge in [-0.25, -0.2) is 19.9 Å². The molecule has 0 aliphatic heterocycles. The molecule has 1 fully saturated rings. The highest BCUT2D eigenvalue weighted by molar-refractivity contribution is 5.65. The zero-order chi connectivity index (χ0) is 54.2. The van der Waals surface area contributed by atoms with Gasteiger partial charge in [0.05, 0.1) is 58.9 Å². The molecular weight excluding hydrogens is 1010 g/mol. The second-order valence-electron chi connectivity index (χ2n) is 16.1. The van der Waals surface area contributed by atoms with Crippen LogP contribution in [-0.2, 0) is 29.9 Å². The summed E-state index contributed by atoms with van der Waals surface area (Å²) in [5.74, 6) is -3.53. The highest BCUT2D eigenvalue weighted by Gasteiger charge is 2.45. The lowest BCUT2D eigenvalue weighted by molar-refractivity contribution is -0.274. The Labute approximate surface area is 409 Å². The highest BCUT2D eigenvalue weighted by atomic mass is 19.4. The van der Waals surface area contributed by atoms with E-state index in [0.717, 1.165) is 88.5 Å². The molecule has 0 bridgehead atoms. The lowest BCUT2D eigenvalue weighted by atomic mass is 9.96. The number of alkyl halides is 14. The first kappa shape index (κ1) is 53.6. The van der Waals surface area contributed by atoms with Crippen molar-refractivity contribution in [3.05, 3.63) is 156 Å². The monoisotopic (exact) mass is 1050 g/mol. The summed E-state index contributed by atoms with van der Waals surface area (Å²) in [6.45, 7) is 6.07. The van der Waals surface area contributed by atoms with E-state index in [1.54, 1.807) is 6.20 Å². The van der Waals surface area contributed by atoms with Gasteiger partial charge in [-0.3, -0.25) is 23.2 Å². The van der Waals surface area contributed by atoms with Crippen molar-refractivity contribution in [2.24, 2.45) is 0 Å². The van der Waals surface area contributed by atoms with Crippen LogP contribution in [0.25, 0.3) is 50.7 Å². The van der Waals surface area contributed by atoms with Gasteiger partial charge in [-0.05, 0) is 55.2 Å². The minimum Gasteiger partial charge on any atom is -0.406 e. The second-order valence-corrected chi connectivity index (χ2v) is 16.1. The van der Waals surface area contributed by atoms with E-state index in [9.17, 15) is 66.7 Å². The number of rotatable bonds is 6. The Hall–Kier alpha value is -8.17. The lowest BCUT2D eigenvalue weighted by Crippen LogP contribution is -2.16. The highest BCUT2D eigenvalue weighted by Crippen LogP contribution is 2.48. The number of nitriles is 1. The number of imidazole rings is 3. The molecule has 0 N–H and O–H groups in total. The minimum atomic E-state index is -4.82. The van der Waals surface area contributed by atoms with Crippen LogP contribution in [0.2, 0.25) is 0 Å². The van der Waals surface area contributed by atoms with E-state index in [2.05, 4.69) is 40.7 Å². The molecule has 6 aromatic heterocycles. The van der Waals surface area contributed by atoms with Crippen molar-refractivity contribution in [1.29, 1.82) is 5.26 Å². The van der Waals surface area contributed by atoms with E-state index in [4.69, 9.17) is 0 Å². The van der Waals surface area contributed by atoms with Gasteiger partial charge in [0.25, 0.3) is 5.92 Å². The van der Waals surface area contributed by atoms with Crippen molar-refractivity contribution in [2.75, 3.05) is 0 Å². The Morgan fingerprint density at radius 2 is 1.04 bits per heavy atom. The third kappa shape index (κ3) is 11.8. The minimum absolute atomic E-state index is 0.00649. The fourth-order valence-corrected chi connectivity index (χ4v) is 7.38. The van der Waals surface area contributed by atoms with Crippen molar-refractivity contribution < 1.29 is 66.2 Å². The molecule has 1 aliphatic carbocycles. The summed E-state index contributed by atoms with van der Waals surface area (Å²) in [7, 11) is 0. The smallest absolute Gasteiger partial charge is 0.406 e. The van der Waals surface area contributed by atoms with E-state index < -0.39 is 53.5 Å². The summed E-state index contributed by atoms with van der Waals surface area (Å²) in [6, 6.07) is 18.7. The fourth-order valence-electron chi connectivity index (χ4n) is 7.38. The maximum absolute atomic E-state index is 13.7. The van der Waals surface area contributed by atoms with Gasteiger partial charge in [0, 0.05) is 48.4 Å². The van der Waals surface area contributed by atoms with Crippen molar-refractivity contribution in [1.82, 2.24) is 43.1 Å². The molecule has 11 nitrogen and oxygen atoms in total. The largest absolute Gasteiger partial charge is 0.573 e. The SMILES string of the molecule is CC.CC(F)(F)c1cnc2cnc(-c3ccc(C4(C#N)CC4)cc3)cn12.Cc1nc2ncc(-c3ccc(OC(F)(F)F)cc3)cn2c1C(F)(F)F.FC(F)(F)c1ccc(-c2cn3c(C(F)(F)F)cnc3cn2)cc1. The topological polar surface area (TPSA) is 124 Å². The summed E-state index contributed by atoms with van der Waals surface area (Å²) >= 11 is 0. The maximum atomic E-state index is 13.7. The molecule has 386 valence electrons. The van der Waals surface area contributed by atoms with Gasteiger partial charge in [-0.2, -0.15) is 53.6 Å². The zero-order valence-corrected chi connectivity index (χ0v) is 38.6. The first-order valence-electron chi connectivity index (χ1n) is 21.7. The average Bonchev–Trinajstić information content (AvgIpc) is 3.62. The van der Waals surface area contributed by atoms with Crippen LogP contribution in [0, 0.1) is 18.3 Å². The van der Waals surface area contributed by atoms with Crippen LogP contribution in [0.3, 0.4) is 0 Å². The summed E-state index contributed by atoms with van der Waals surface area (Å²) in [5, 5.41) is 9.25. The van der Waals surface area contributed by atoms with Crippen LogP contribution in [0.5, 0.6) is 5.75 Å². The van der Waals surface area contributed by atoms with E-state index in [-0.39, 0.29) is 45.0 Å². The molecule has 0 spiro atoms. The van der Waals surface area contributed by atoms with Gasteiger partial charge in [0.1, 0.15) is 17.1 Å². The molecule has 10 rings (SSSR count). The molecule has 0 amide bonds. The number of aryl methyl sites for hydroxylation is 1. The number of halogens is 14. The number of hydrogen-bond acceptors (Lipinski definition) is 8. The number of ether oxygens (including phenoxy) is 1. The number of nitrogens with zero attached hydrogens (tertiary/aromatic N) is 10. The average molecular weight is 1050 g/mol. The normalized spacial score (nSPS) is 13.5. The Kier molecular flexibility index (Phi) is 14.5. The van der Waals surface area contributed by atoms with Crippen LogP contribution in [0.15, 0.2) is 122 Å². The molecule has 0 saturated heterocycles. The van der Waals surface area contributed by atoms with Crippen molar-refractivity contribution in [2.45, 2.75) is 76.8 Å². The van der Waals surface area contributed by atoms with Crippen LogP contribution < -0.4 is 4.74 Å². The van der Waals surface area contributed by atoms with E-state index in [0.29, 0.717) is 23.1 Å². The predicted molar refractivity (Wildman–Crippen MR) is 239 cm³/mol. The van der Waals surface area contributed by atoms with Crippen molar-refractivity contribution in [3.8, 4) is 45.5 Å². The molecule has 9 aromatic rings. The molecule has 74 heavy (non-hydrogen) atoms. The van der Waals surface area contributed by atoms with Crippen molar-refractivity contribution >= 4 is 17.1 Å². The third-order valence-electron chi connectivity index (χ3n) is 11.1. The van der Waals surface area contributed by atoms with Crippen molar-refractivity contribution in [3.63, 3.8) is 0 Å². The molecule has 25 heteroatoms. The van der Waals surface area contributed by atoms with Gasteiger partial charge in [-0.1, -0.05) is 62.4 Å². The molecule has 0 radical (unpaired) electrons. The third-order valence-corrected chi connectivity index (χ3v) is 11.1. The quantitative estimate of drug-likeness (QED) is 0.151. The van der Waals surface area contributed by atoms with Crippen LogP contribution in [0.4, 0.5) is 61.5 Å². The first-order chi connectivity index (χ1) is 34.6. The molecule has 0 unspecified atom stereocenters. The Morgan fingerprint density at radius 3 is 1.50 bits per heavy atom. The number of hydrogen-bond donors (Lipinski definition) is 0. The Morgan fingerprint density at radius 1 is 0.541 bits per heavy atom. The summed E-state index contributed by atoms with van der Waals surface area (Å²) in [4.78, 5) is 23.4. The van der Waals surface area contributed by atoms with Crippen LogP contribution in [-0.4, -0.2) is 49.5 Å². The summed E-state index contributed by atoms with van der Waals surface area (Å²) in [5.41, 5.74) is 0.307. The van der Waals surface area contributed by atoms with E-state index in [1.807, 2.05) is 38.1 Å².